The van der Waals surface area contributed by atoms with Gasteiger partial charge in [-0.25, -0.2) is 4.79 Å². The third-order valence-electron chi connectivity index (χ3n) is 6.48. The minimum absolute atomic E-state index is 0.151. The van der Waals surface area contributed by atoms with Crippen molar-refractivity contribution >= 4 is 35.1 Å². The summed E-state index contributed by atoms with van der Waals surface area (Å²) in [6, 6.07) is 8.59. The molecule has 2 aromatic rings. The number of aliphatic carboxylic acids is 1. The van der Waals surface area contributed by atoms with Crippen molar-refractivity contribution in [3.05, 3.63) is 57.6 Å². The van der Waals surface area contributed by atoms with Crippen LogP contribution in [-0.4, -0.2) is 53.7 Å². The maximum absolute atomic E-state index is 13.0. The molecule has 0 aromatic heterocycles. The number of carboxylic acids is 1. The Morgan fingerprint density at radius 1 is 0.947 bits per heavy atom. The van der Waals surface area contributed by atoms with Crippen LogP contribution in [0.4, 0.5) is 26.3 Å². The smallest absolute Gasteiger partial charge is 0.475 e. The van der Waals surface area contributed by atoms with Gasteiger partial charge in [0.15, 0.2) is 0 Å². The Morgan fingerprint density at radius 2 is 1.47 bits per heavy atom. The van der Waals surface area contributed by atoms with E-state index >= 15 is 0 Å². The Hall–Kier alpha value is -2.50. The van der Waals surface area contributed by atoms with E-state index in [1.165, 1.54) is 12.1 Å². The van der Waals surface area contributed by atoms with Crippen molar-refractivity contribution in [3.63, 3.8) is 0 Å². The van der Waals surface area contributed by atoms with Gasteiger partial charge >= 0.3 is 18.3 Å². The molecule has 2 fully saturated rings. The Morgan fingerprint density at radius 3 is 1.95 bits per heavy atom. The molecular formula is C25H24Cl2F6N2O3. The molecule has 38 heavy (non-hydrogen) atoms. The first kappa shape index (κ1) is 30.0. The van der Waals surface area contributed by atoms with E-state index in [9.17, 15) is 31.1 Å². The van der Waals surface area contributed by atoms with E-state index in [1.807, 2.05) is 4.90 Å². The van der Waals surface area contributed by atoms with Crippen molar-refractivity contribution < 1.29 is 41.0 Å². The standard InChI is InChI=1S/C23H23Cl2F3N2O.C2HF3O2/c24-20-12-16(14-1-3-17(4-2-14)23(26,27)28)13-21(25)19(20)11-15-7-10-30(22(15)31)18-5-8-29-9-6-18;3-2(4,5)1(6)7/h1-4,12-13,15,18,29H,5-11H2;(H,6,7)/t15-;/m0./s1. The summed E-state index contributed by atoms with van der Waals surface area (Å²) >= 11 is 13.0. The number of likely N-dealkylation sites (tertiary alicyclic amines) is 1. The zero-order chi connectivity index (χ0) is 28.3. The van der Waals surface area contributed by atoms with Crippen LogP contribution in [0.1, 0.15) is 30.4 Å². The van der Waals surface area contributed by atoms with Crippen molar-refractivity contribution in [1.29, 1.82) is 0 Å². The van der Waals surface area contributed by atoms with E-state index in [0.717, 1.165) is 51.0 Å². The van der Waals surface area contributed by atoms with E-state index in [2.05, 4.69) is 5.32 Å². The Bertz CT molecular complexity index is 1130. The van der Waals surface area contributed by atoms with E-state index < -0.39 is 23.9 Å². The molecule has 0 bridgehead atoms. The van der Waals surface area contributed by atoms with Crippen LogP contribution in [-0.2, 0) is 22.2 Å². The summed E-state index contributed by atoms with van der Waals surface area (Å²) in [7, 11) is 0. The van der Waals surface area contributed by atoms with Gasteiger partial charge in [-0.05, 0) is 79.7 Å². The number of carbonyl (C=O) groups is 2. The van der Waals surface area contributed by atoms with Crippen LogP contribution in [0, 0.1) is 5.92 Å². The number of hydrogen-bond acceptors (Lipinski definition) is 3. The van der Waals surface area contributed by atoms with Gasteiger partial charge in [0.05, 0.1) is 5.56 Å². The molecule has 2 aromatic carbocycles. The van der Waals surface area contributed by atoms with Crippen LogP contribution < -0.4 is 5.32 Å². The number of benzene rings is 2. The fourth-order valence-electron chi connectivity index (χ4n) is 4.50. The van der Waals surface area contributed by atoms with Gasteiger partial charge in [-0.3, -0.25) is 4.79 Å². The number of nitrogens with zero attached hydrogens (tertiary/aromatic N) is 1. The molecule has 2 heterocycles. The molecule has 0 saturated carbocycles. The lowest BCUT2D eigenvalue weighted by atomic mass is 9.95. The SMILES string of the molecule is O=C(O)C(F)(F)F.O=C1[C@H](Cc2c(Cl)cc(-c3ccc(C(F)(F)F)cc3)cc2Cl)CCN1C1CCNCC1. The van der Waals surface area contributed by atoms with Crippen molar-refractivity contribution in [2.75, 3.05) is 19.6 Å². The second kappa shape index (κ2) is 12.1. The molecule has 5 nitrogen and oxygen atoms in total. The number of hydrogen-bond donors (Lipinski definition) is 2. The highest BCUT2D eigenvalue weighted by Crippen LogP contribution is 2.37. The van der Waals surface area contributed by atoms with E-state index in [-0.39, 0.29) is 11.8 Å². The van der Waals surface area contributed by atoms with Crippen LogP contribution in [0.5, 0.6) is 0 Å². The highest BCUT2D eigenvalue weighted by atomic mass is 35.5. The summed E-state index contributed by atoms with van der Waals surface area (Å²) in [6.45, 7) is 2.62. The lowest BCUT2D eigenvalue weighted by Crippen LogP contribution is -2.44. The third kappa shape index (κ3) is 7.54. The molecule has 0 spiro atoms. The molecule has 0 aliphatic carbocycles. The molecule has 2 N–H and O–H groups in total. The Balaban J connectivity index is 0.000000505. The van der Waals surface area contributed by atoms with Crippen LogP contribution in [0.25, 0.3) is 11.1 Å². The minimum atomic E-state index is -5.08. The average molecular weight is 585 g/mol. The third-order valence-corrected chi connectivity index (χ3v) is 7.15. The van der Waals surface area contributed by atoms with Gasteiger partial charge in [0, 0.05) is 28.5 Å². The largest absolute Gasteiger partial charge is 0.490 e. The summed E-state index contributed by atoms with van der Waals surface area (Å²) in [5.74, 6) is -2.75. The van der Waals surface area contributed by atoms with Gasteiger partial charge < -0.3 is 15.3 Å². The highest BCUT2D eigenvalue weighted by Gasteiger charge is 2.38. The summed E-state index contributed by atoms with van der Waals surface area (Å²) in [4.78, 5) is 23.9. The molecule has 2 aliphatic rings. The van der Waals surface area contributed by atoms with Gasteiger partial charge in [0.2, 0.25) is 5.91 Å². The van der Waals surface area contributed by atoms with Gasteiger partial charge in [-0.1, -0.05) is 35.3 Å². The van der Waals surface area contributed by atoms with Crippen molar-refractivity contribution in [2.24, 2.45) is 5.92 Å². The highest BCUT2D eigenvalue weighted by molar-refractivity contribution is 6.36. The van der Waals surface area contributed by atoms with Crippen LogP contribution in [0.15, 0.2) is 36.4 Å². The fourth-order valence-corrected chi connectivity index (χ4v) is 5.14. The molecule has 2 aliphatic heterocycles. The average Bonchev–Trinajstić information content (AvgIpc) is 3.21. The predicted molar refractivity (Wildman–Crippen MR) is 130 cm³/mol. The van der Waals surface area contributed by atoms with Crippen molar-refractivity contribution in [2.45, 2.75) is 44.1 Å². The number of carbonyl (C=O) groups excluding carboxylic acids is 1. The molecule has 1 atom stereocenters. The van der Waals surface area contributed by atoms with Gasteiger partial charge in [-0.15, -0.1) is 0 Å². The molecular weight excluding hydrogens is 561 g/mol. The lowest BCUT2D eigenvalue weighted by molar-refractivity contribution is -0.192. The topological polar surface area (TPSA) is 69.6 Å². The van der Waals surface area contributed by atoms with Gasteiger partial charge in [0.25, 0.3) is 0 Å². The second-order valence-electron chi connectivity index (χ2n) is 9.00. The summed E-state index contributed by atoms with van der Waals surface area (Å²) in [6.07, 6.45) is -6.28. The van der Waals surface area contributed by atoms with Crippen LogP contribution in [0.2, 0.25) is 10.0 Å². The summed E-state index contributed by atoms with van der Waals surface area (Å²) < 4.78 is 70.1. The summed E-state index contributed by atoms with van der Waals surface area (Å²) in [5.41, 5.74) is 1.24. The maximum atomic E-state index is 13.0. The number of halogens is 8. The quantitative estimate of drug-likeness (QED) is 0.405. The predicted octanol–water partition coefficient (Wildman–Crippen LogP) is 6.46. The molecule has 2 saturated heterocycles. The first-order chi connectivity index (χ1) is 17.7. The number of amides is 1. The molecule has 0 radical (unpaired) electrons. The van der Waals surface area contributed by atoms with Crippen LogP contribution in [0.3, 0.4) is 0 Å². The molecule has 4 rings (SSSR count). The summed E-state index contributed by atoms with van der Waals surface area (Å²) in [5, 5.41) is 11.3. The Labute approximate surface area is 224 Å². The zero-order valence-corrected chi connectivity index (χ0v) is 21.3. The fraction of sp³-hybridized carbons (Fsp3) is 0.440. The first-order valence-electron chi connectivity index (χ1n) is 11.7. The van der Waals surface area contributed by atoms with E-state index in [0.29, 0.717) is 39.2 Å². The van der Waals surface area contributed by atoms with Crippen LogP contribution >= 0.6 is 23.2 Å². The van der Waals surface area contributed by atoms with E-state index in [4.69, 9.17) is 33.1 Å². The number of rotatable bonds is 4. The minimum Gasteiger partial charge on any atom is -0.475 e. The maximum Gasteiger partial charge on any atom is 0.490 e. The lowest BCUT2D eigenvalue weighted by Gasteiger charge is -2.31. The number of alkyl halides is 6. The molecule has 1 amide bonds. The van der Waals surface area contributed by atoms with Gasteiger partial charge in [-0.2, -0.15) is 26.3 Å². The zero-order valence-electron chi connectivity index (χ0n) is 19.8. The van der Waals surface area contributed by atoms with Crippen molar-refractivity contribution in [3.8, 4) is 11.1 Å². The monoisotopic (exact) mass is 584 g/mol. The Kier molecular flexibility index (Phi) is 9.59. The molecule has 13 heteroatoms. The van der Waals surface area contributed by atoms with E-state index in [1.54, 1.807) is 12.1 Å². The number of nitrogens with one attached hydrogen (secondary N) is 1. The normalized spacial score (nSPS) is 18.8. The van der Waals surface area contributed by atoms with Crippen molar-refractivity contribution in [1.82, 2.24) is 10.2 Å². The molecule has 208 valence electrons. The number of piperidine rings is 1. The second-order valence-corrected chi connectivity index (χ2v) is 9.81. The number of carboxylic acid groups (broad SMARTS) is 1. The van der Waals surface area contributed by atoms with Gasteiger partial charge in [0.1, 0.15) is 0 Å². The first-order valence-corrected chi connectivity index (χ1v) is 12.4. The molecule has 0 unspecified atom stereocenters.